The lowest BCUT2D eigenvalue weighted by molar-refractivity contribution is -0.0521. The third kappa shape index (κ3) is 3.65. The van der Waals surface area contributed by atoms with Crippen molar-refractivity contribution in [3.05, 3.63) is 53.6 Å². The molecule has 3 aromatic rings. The van der Waals surface area contributed by atoms with Gasteiger partial charge in [0, 0.05) is 5.56 Å². The van der Waals surface area contributed by atoms with Crippen LogP contribution >= 0.6 is 0 Å². The summed E-state index contributed by atoms with van der Waals surface area (Å²) in [4.78, 5) is 0. The van der Waals surface area contributed by atoms with E-state index in [-0.39, 0.29) is 17.5 Å². The van der Waals surface area contributed by atoms with E-state index in [0.717, 1.165) is 5.56 Å². The number of ether oxygens (including phenoxy) is 3. The third-order valence-corrected chi connectivity index (χ3v) is 4.84. The van der Waals surface area contributed by atoms with Crippen LogP contribution < -0.4 is 19.5 Å². The molecule has 0 aliphatic carbocycles. The number of hydrogen-bond donors (Lipinski definition) is 1. The molecule has 29 heavy (non-hydrogen) atoms. The first kappa shape index (κ1) is 18.9. The number of aromatic nitrogens is 4. The molecule has 0 unspecified atom stereocenters. The molecule has 4 rings (SSSR count). The molecule has 0 spiro atoms. The van der Waals surface area contributed by atoms with Crippen molar-refractivity contribution in [2.24, 2.45) is 0 Å². The lowest BCUT2D eigenvalue weighted by Gasteiger charge is -2.32. The molecule has 0 fully saturated rings. The van der Waals surface area contributed by atoms with Gasteiger partial charge in [0.05, 0.1) is 26.3 Å². The van der Waals surface area contributed by atoms with Crippen molar-refractivity contribution in [1.82, 2.24) is 20.2 Å². The highest BCUT2D eigenvalue weighted by Gasteiger charge is 2.34. The Balaban J connectivity index is 1.77. The number of rotatable bonds is 6. The smallest absolute Gasteiger partial charge is 0.387 e. The van der Waals surface area contributed by atoms with Crippen LogP contribution in [0.25, 0.3) is 0 Å². The van der Waals surface area contributed by atoms with E-state index < -0.39 is 12.7 Å². The molecule has 0 bridgehead atoms. The van der Waals surface area contributed by atoms with Crippen LogP contribution in [0.1, 0.15) is 29.6 Å². The maximum Gasteiger partial charge on any atom is 0.387 e. The number of methoxy groups -OCH3 is 2. The number of fused-ring (bicyclic) bond motifs is 1. The molecule has 1 aliphatic heterocycles. The summed E-state index contributed by atoms with van der Waals surface area (Å²) in [7, 11) is 3.00. The van der Waals surface area contributed by atoms with Crippen LogP contribution in [0.3, 0.4) is 0 Å². The zero-order chi connectivity index (χ0) is 20.4. The van der Waals surface area contributed by atoms with Crippen molar-refractivity contribution in [1.29, 1.82) is 0 Å². The van der Waals surface area contributed by atoms with Crippen LogP contribution in [-0.4, -0.2) is 41.0 Å². The minimum Gasteiger partial charge on any atom is -0.497 e. The molecule has 0 amide bonds. The van der Waals surface area contributed by atoms with Gasteiger partial charge in [-0.1, -0.05) is 29.4 Å². The van der Waals surface area contributed by atoms with Crippen molar-refractivity contribution in [2.75, 3.05) is 19.5 Å². The predicted molar refractivity (Wildman–Crippen MR) is 99.6 cm³/mol. The van der Waals surface area contributed by atoms with E-state index in [0.29, 0.717) is 23.7 Å². The highest BCUT2D eigenvalue weighted by molar-refractivity contribution is 5.50. The van der Waals surface area contributed by atoms with E-state index in [1.165, 1.54) is 7.11 Å². The van der Waals surface area contributed by atoms with Gasteiger partial charge in [0.2, 0.25) is 5.95 Å². The van der Waals surface area contributed by atoms with Crippen LogP contribution in [0.2, 0.25) is 0 Å². The zero-order valence-electron chi connectivity index (χ0n) is 15.8. The molecule has 10 heteroatoms. The first-order chi connectivity index (χ1) is 14.1. The lowest BCUT2D eigenvalue weighted by atomic mass is 9.92. The van der Waals surface area contributed by atoms with Gasteiger partial charge in [-0.05, 0) is 40.6 Å². The Kier molecular flexibility index (Phi) is 5.15. The molecule has 1 aliphatic rings. The minimum absolute atomic E-state index is 0.0252. The number of tetrazole rings is 1. The normalized spacial score (nSPS) is 18.1. The molecule has 0 saturated carbocycles. The summed E-state index contributed by atoms with van der Waals surface area (Å²) in [5, 5.41) is 15.1. The highest BCUT2D eigenvalue weighted by Crippen LogP contribution is 2.44. The van der Waals surface area contributed by atoms with Gasteiger partial charge in [0.1, 0.15) is 5.75 Å². The first-order valence-corrected chi connectivity index (χ1v) is 8.90. The summed E-state index contributed by atoms with van der Waals surface area (Å²) < 4.78 is 43.1. The van der Waals surface area contributed by atoms with Gasteiger partial charge >= 0.3 is 6.61 Å². The van der Waals surface area contributed by atoms with Crippen molar-refractivity contribution < 1.29 is 23.0 Å². The van der Waals surface area contributed by atoms with Crippen molar-refractivity contribution in [3.63, 3.8) is 0 Å². The lowest BCUT2D eigenvalue weighted by Crippen LogP contribution is -2.28. The summed E-state index contributed by atoms with van der Waals surface area (Å²) >= 11 is 0. The van der Waals surface area contributed by atoms with Crippen molar-refractivity contribution in [3.8, 4) is 17.2 Å². The summed E-state index contributed by atoms with van der Waals surface area (Å²) in [6, 6.07) is 12.0. The molecule has 2 atom stereocenters. The third-order valence-electron chi connectivity index (χ3n) is 4.84. The van der Waals surface area contributed by atoms with Gasteiger partial charge in [0.25, 0.3) is 0 Å². The largest absolute Gasteiger partial charge is 0.497 e. The van der Waals surface area contributed by atoms with E-state index in [1.54, 1.807) is 30.0 Å². The van der Waals surface area contributed by atoms with E-state index in [2.05, 4.69) is 20.8 Å². The Bertz CT molecular complexity index is 997. The molecule has 0 saturated heterocycles. The second kappa shape index (κ2) is 7.90. The van der Waals surface area contributed by atoms with Gasteiger partial charge in [-0.15, -0.1) is 0 Å². The number of alkyl halides is 2. The summed E-state index contributed by atoms with van der Waals surface area (Å²) in [6.07, 6.45) is 0.498. The van der Waals surface area contributed by atoms with Crippen LogP contribution in [-0.2, 0) is 0 Å². The maximum atomic E-state index is 13.1. The van der Waals surface area contributed by atoms with Gasteiger partial charge in [-0.25, -0.2) is 4.68 Å². The van der Waals surface area contributed by atoms with Gasteiger partial charge in [-0.3, -0.25) is 0 Å². The number of para-hydroxylation sites is 1. The molecular weight excluding hydrogens is 384 g/mol. The zero-order valence-corrected chi connectivity index (χ0v) is 15.8. The molecular formula is C19H19F2N5O3. The number of hydrogen-bond acceptors (Lipinski definition) is 7. The Hall–Kier alpha value is -3.43. The monoisotopic (exact) mass is 403 g/mol. The van der Waals surface area contributed by atoms with E-state index in [1.807, 2.05) is 24.3 Å². The Morgan fingerprint density at radius 3 is 2.72 bits per heavy atom. The van der Waals surface area contributed by atoms with Crippen LogP contribution in [0, 0.1) is 0 Å². The number of benzene rings is 2. The standard InChI is InChI=1S/C19H19F2N5O3/c1-27-12-6-3-5-11(9-12)14-10-15(26-19(22-14)23-24-25-26)13-7-4-8-16(28-2)17(13)29-18(20)21/h3-9,14-15,18H,10H2,1-2H3,(H,22,23,25)/t14-,15+/m1/s1. The molecule has 8 nitrogen and oxygen atoms in total. The van der Waals surface area contributed by atoms with Crippen LogP contribution in [0.4, 0.5) is 14.7 Å². The molecule has 1 aromatic heterocycles. The number of halogens is 2. The van der Waals surface area contributed by atoms with E-state index >= 15 is 0 Å². The summed E-state index contributed by atoms with van der Waals surface area (Å²) in [5.74, 6) is 1.34. The Labute approximate surface area is 165 Å². The minimum atomic E-state index is -2.99. The second-order valence-corrected chi connectivity index (χ2v) is 6.43. The summed E-state index contributed by atoms with van der Waals surface area (Å²) in [5.41, 5.74) is 1.47. The summed E-state index contributed by atoms with van der Waals surface area (Å²) in [6.45, 7) is -2.99. The highest BCUT2D eigenvalue weighted by atomic mass is 19.3. The molecule has 2 aromatic carbocycles. The fourth-order valence-electron chi connectivity index (χ4n) is 3.54. The topological polar surface area (TPSA) is 83.3 Å². The Morgan fingerprint density at radius 2 is 1.97 bits per heavy atom. The molecule has 2 heterocycles. The SMILES string of the molecule is COc1cccc([C@H]2C[C@@H](c3cccc(OC)c3OC(F)F)n3nnnc3N2)c1. The molecule has 0 radical (unpaired) electrons. The fourth-order valence-corrected chi connectivity index (χ4v) is 3.54. The predicted octanol–water partition coefficient (Wildman–Crippen LogP) is 3.44. The van der Waals surface area contributed by atoms with E-state index in [9.17, 15) is 8.78 Å². The average molecular weight is 403 g/mol. The van der Waals surface area contributed by atoms with Crippen LogP contribution in [0.15, 0.2) is 42.5 Å². The molecule has 152 valence electrons. The second-order valence-electron chi connectivity index (χ2n) is 6.43. The van der Waals surface area contributed by atoms with E-state index in [4.69, 9.17) is 14.2 Å². The average Bonchev–Trinajstić information content (AvgIpc) is 3.21. The number of nitrogens with one attached hydrogen (secondary N) is 1. The van der Waals surface area contributed by atoms with Gasteiger partial charge in [-0.2, -0.15) is 8.78 Å². The van der Waals surface area contributed by atoms with Crippen molar-refractivity contribution in [2.45, 2.75) is 25.1 Å². The maximum absolute atomic E-state index is 13.1. The quantitative estimate of drug-likeness (QED) is 0.675. The van der Waals surface area contributed by atoms with Crippen LogP contribution in [0.5, 0.6) is 17.2 Å². The number of anilines is 1. The Morgan fingerprint density at radius 1 is 1.14 bits per heavy atom. The first-order valence-electron chi connectivity index (χ1n) is 8.90. The van der Waals surface area contributed by atoms with Gasteiger partial charge < -0.3 is 19.5 Å². The van der Waals surface area contributed by atoms with Gasteiger partial charge in [0.15, 0.2) is 11.5 Å². The van der Waals surface area contributed by atoms with Crippen molar-refractivity contribution >= 4 is 5.95 Å². The number of nitrogens with zero attached hydrogens (tertiary/aromatic N) is 4. The fraction of sp³-hybridized carbons (Fsp3) is 0.316. The molecule has 1 N–H and O–H groups in total.